The lowest BCUT2D eigenvalue weighted by Gasteiger charge is -2.42. The van der Waals surface area contributed by atoms with Gasteiger partial charge in [0.2, 0.25) is 0 Å². The number of hydrogen-bond donors (Lipinski definition) is 1. The van der Waals surface area contributed by atoms with Crippen molar-refractivity contribution in [3.8, 4) is 11.5 Å². The first-order valence-electron chi connectivity index (χ1n) is 9.40. The number of allylic oxidation sites excluding steroid dienone is 3. The van der Waals surface area contributed by atoms with Crippen LogP contribution in [0.1, 0.15) is 17.9 Å². The third kappa shape index (κ3) is 2.89. The molecule has 1 heterocycles. The summed E-state index contributed by atoms with van der Waals surface area (Å²) >= 11 is 13.9. The Morgan fingerprint density at radius 3 is 2.48 bits per heavy atom. The van der Waals surface area contributed by atoms with Crippen LogP contribution in [0.3, 0.4) is 0 Å². The van der Waals surface area contributed by atoms with E-state index in [0.29, 0.717) is 11.1 Å². The molecule has 0 aromatic heterocycles. The second kappa shape index (κ2) is 7.39. The monoisotopic (exact) mass is 461 g/mol. The molecule has 1 aliphatic carbocycles. The van der Waals surface area contributed by atoms with Gasteiger partial charge < -0.3 is 9.84 Å². The van der Waals surface area contributed by atoms with Crippen LogP contribution in [0.25, 0.3) is 0 Å². The predicted octanol–water partition coefficient (Wildman–Crippen LogP) is 4.67. The fourth-order valence-corrected chi connectivity index (χ4v) is 5.15. The third-order valence-electron chi connectivity index (χ3n) is 5.83. The fourth-order valence-electron chi connectivity index (χ4n) is 4.31. The second-order valence-electron chi connectivity index (χ2n) is 7.41. The zero-order valence-corrected chi connectivity index (χ0v) is 18.0. The fraction of sp³-hybridized carbons (Fsp3) is 0.217. The minimum Gasteiger partial charge on any atom is -0.508 e. The van der Waals surface area contributed by atoms with E-state index in [4.69, 9.17) is 27.9 Å². The summed E-state index contributed by atoms with van der Waals surface area (Å²) < 4.78 is 18.8. The Kier molecular flexibility index (Phi) is 5.10. The number of nitrogens with zero attached hydrogens (tertiary/aromatic N) is 1. The number of alkyl halides is 2. The van der Waals surface area contributed by atoms with Gasteiger partial charge in [0.05, 0.1) is 12.8 Å². The van der Waals surface area contributed by atoms with E-state index in [0.717, 1.165) is 17.0 Å². The minimum atomic E-state index is -1.91. The lowest BCUT2D eigenvalue weighted by molar-refractivity contribution is -0.122. The number of halogens is 3. The standard InChI is InChI=1S/C23H18Cl2FNO4/c1-3-13-10-11-22(24)20(29)27(15-6-4-14(26)5-7-15)21(30)23(22,25)19(13)17-9-8-16(28)12-18(17)31-2/h3-10,12,19,28H,1,11H2,2H3. The van der Waals surface area contributed by atoms with E-state index < -0.39 is 33.3 Å². The second-order valence-corrected chi connectivity index (χ2v) is 8.65. The summed E-state index contributed by atoms with van der Waals surface area (Å²) in [6.45, 7) is 3.82. The third-order valence-corrected chi connectivity index (χ3v) is 7.25. The van der Waals surface area contributed by atoms with Crippen molar-refractivity contribution in [2.45, 2.75) is 22.1 Å². The Morgan fingerprint density at radius 1 is 1.19 bits per heavy atom. The number of anilines is 1. The molecule has 31 heavy (non-hydrogen) atoms. The lowest BCUT2D eigenvalue weighted by Crippen LogP contribution is -2.54. The molecule has 2 amide bonds. The number of amides is 2. The van der Waals surface area contributed by atoms with Crippen molar-refractivity contribution in [2.75, 3.05) is 12.0 Å². The Labute approximate surface area is 188 Å². The highest BCUT2D eigenvalue weighted by Crippen LogP contribution is 2.60. The predicted molar refractivity (Wildman–Crippen MR) is 116 cm³/mol. The van der Waals surface area contributed by atoms with Gasteiger partial charge in [0, 0.05) is 17.5 Å². The van der Waals surface area contributed by atoms with E-state index in [1.165, 1.54) is 31.4 Å². The van der Waals surface area contributed by atoms with E-state index in [1.54, 1.807) is 18.2 Å². The van der Waals surface area contributed by atoms with Gasteiger partial charge in [0.25, 0.3) is 11.8 Å². The average Bonchev–Trinajstić information content (AvgIpc) is 2.91. The summed E-state index contributed by atoms with van der Waals surface area (Å²) in [5, 5.41) is 9.87. The van der Waals surface area contributed by atoms with Gasteiger partial charge in [-0.25, -0.2) is 9.29 Å². The Hall–Kier alpha value is -2.83. The number of fused-ring (bicyclic) bond motifs is 1. The molecule has 0 bridgehead atoms. The quantitative estimate of drug-likeness (QED) is 0.530. The Morgan fingerprint density at radius 2 is 1.87 bits per heavy atom. The largest absolute Gasteiger partial charge is 0.508 e. The molecule has 2 aliphatic rings. The maximum Gasteiger partial charge on any atom is 0.258 e. The zero-order valence-electron chi connectivity index (χ0n) is 16.4. The van der Waals surface area contributed by atoms with Gasteiger partial charge in [-0.1, -0.05) is 24.8 Å². The number of phenols is 1. The van der Waals surface area contributed by atoms with Crippen molar-refractivity contribution >= 4 is 40.7 Å². The van der Waals surface area contributed by atoms with Gasteiger partial charge in [-0.05, 0) is 42.3 Å². The van der Waals surface area contributed by atoms with Crippen LogP contribution in [-0.4, -0.2) is 33.8 Å². The number of carbonyl (C=O) groups is 2. The van der Waals surface area contributed by atoms with Gasteiger partial charge in [-0.2, -0.15) is 0 Å². The maximum atomic E-state index is 13.7. The first kappa shape index (κ1) is 21.4. The molecule has 0 spiro atoms. The summed E-state index contributed by atoms with van der Waals surface area (Å²) in [6, 6.07) is 9.33. The number of carbonyl (C=O) groups excluding carboxylic acids is 2. The number of ether oxygens (including phenoxy) is 1. The van der Waals surface area contributed by atoms with E-state index in [9.17, 15) is 19.1 Å². The molecule has 5 nitrogen and oxygen atoms in total. The highest BCUT2D eigenvalue weighted by atomic mass is 35.5. The maximum absolute atomic E-state index is 13.7. The van der Waals surface area contributed by atoms with E-state index in [2.05, 4.69) is 6.58 Å². The Bertz CT molecular complexity index is 1130. The summed E-state index contributed by atoms with van der Waals surface area (Å²) in [5.41, 5.74) is 1.23. The number of methoxy groups -OCH3 is 1. The molecular formula is C23H18Cl2FNO4. The molecule has 0 saturated carbocycles. The molecule has 1 aliphatic heterocycles. The molecule has 8 heteroatoms. The van der Waals surface area contributed by atoms with Crippen molar-refractivity contribution in [1.29, 1.82) is 0 Å². The van der Waals surface area contributed by atoms with Crippen LogP contribution >= 0.6 is 23.2 Å². The molecular weight excluding hydrogens is 444 g/mol. The van der Waals surface area contributed by atoms with E-state index in [1.807, 2.05) is 0 Å². The van der Waals surface area contributed by atoms with Gasteiger partial charge >= 0.3 is 0 Å². The summed E-state index contributed by atoms with van der Waals surface area (Å²) in [4.78, 5) is 24.3. The van der Waals surface area contributed by atoms with Crippen LogP contribution in [0.15, 0.2) is 66.8 Å². The van der Waals surface area contributed by atoms with E-state index in [-0.39, 0.29) is 23.6 Å². The number of phenolic OH excluding ortho intramolecular Hbond substituents is 1. The molecule has 2 aromatic carbocycles. The smallest absolute Gasteiger partial charge is 0.258 e. The molecule has 4 rings (SSSR count). The zero-order chi connectivity index (χ0) is 22.6. The summed E-state index contributed by atoms with van der Waals surface area (Å²) in [6.07, 6.45) is 3.27. The number of rotatable bonds is 4. The molecule has 3 atom stereocenters. The molecule has 160 valence electrons. The van der Waals surface area contributed by atoms with Crippen LogP contribution in [0.2, 0.25) is 0 Å². The van der Waals surface area contributed by atoms with Crippen LogP contribution < -0.4 is 9.64 Å². The number of benzene rings is 2. The Balaban J connectivity index is 1.95. The van der Waals surface area contributed by atoms with Crippen LogP contribution in [0.4, 0.5) is 10.1 Å². The molecule has 2 aromatic rings. The van der Waals surface area contributed by atoms with Crippen molar-refractivity contribution in [3.05, 3.63) is 78.1 Å². The molecule has 1 N–H and O–H groups in total. The molecule has 1 fully saturated rings. The molecule has 3 unspecified atom stereocenters. The first-order valence-corrected chi connectivity index (χ1v) is 10.2. The van der Waals surface area contributed by atoms with Crippen LogP contribution in [0.5, 0.6) is 11.5 Å². The minimum absolute atomic E-state index is 0.00141. The van der Waals surface area contributed by atoms with Crippen molar-refractivity contribution in [2.24, 2.45) is 0 Å². The highest BCUT2D eigenvalue weighted by molar-refractivity contribution is 6.58. The van der Waals surface area contributed by atoms with Gasteiger partial charge in [-0.15, -0.1) is 23.2 Å². The lowest BCUT2D eigenvalue weighted by atomic mass is 9.68. The number of hydrogen-bond acceptors (Lipinski definition) is 4. The van der Waals surface area contributed by atoms with E-state index >= 15 is 0 Å². The normalized spacial score (nSPS) is 27.7. The molecule has 1 saturated heterocycles. The summed E-state index contributed by atoms with van der Waals surface area (Å²) in [7, 11) is 1.42. The topological polar surface area (TPSA) is 66.8 Å². The van der Waals surface area contributed by atoms with Crippen molar-refractivity contribution in [3.63, 3.8) is 0 Å². The average molecular weight is 462 g/mol. The SMILES string of the molecule is C=CC1=CCC2(Cl)C(=O)N(c3ccc(F)cc3)C(=O)C2(Cl)C1c1ccc(O)cc1OC. The first-order chi connectivity index (χ1) is 14.7. The van der Waals surface area contributed by atoms with Gasteiger partial charge in [0.15, 0.2) is 9.75 Å². The van der Waals surface area contributed by atoms with Gasteiger partial charge in [0.1, 0.15) is 17.3 Å². The summed E-state index contributed by atoms with van der Waals surface area (Å²) in [5.74, 6) is -2.59. The van der Waals surface area contributed by atoms with Crippen molar-refractivity contribution < 1.29 is 23.8 Å². The van der Waals surface area contributed by atoms with Crippen LogP contribution in [0, 0.1) is 5.82 Å². The number of imide groups is 1. The van der Waals surface area contributed by atoms with Gasteiger partial charge in [-0.3, -0.25) is 9.59 Å². The molecule has 0 radical (unpaired) electrons. The van der Waals surface area contributed by atoms with Crippen LogP contribution in [-0.2, 0) is 9.59 Å². The van der Waals surface area contributed by atoms with Crippen molar-refractivity contribution in [1.82, 2.24) is 0 Å². The number of aromatic hydroxyl groups is 1. The highest BCUT2D eigenvalue weighted by Gasteiger charge is 2.73.